The van der Waals surface area contributed by atoms with Gasteiger partial charge in [-0.1, -0.05) is 42.5 Å². The van der Waals surface area contributed by atoms with Crippen LogP contribution in [-0.4, -0.2) is 14.4 Å². The van der Waals surface area contributed by atoms with Gasteiger partial charge in [0, 0.05) is 6.08 Å². The maximum Gasteiger partial charge on any atom is 0.331 e. The van der Waals surface area contributed by atoms with Crippen molar-refractivity contribution in [1.82, 2.24) is 4.72 Å². The third kappa shape index (κ3) is 5.67. The summed E-state index contributed by atoms with van der Waals surface area (Å²) in [5.41, 5.74) is 1.59. The monoisotopic (exact) mass is 397 g/mol. The van der Waals surface area contributed by atoms with Gasteiger partial charge in [0.05, 0.1) is 17.7 Å². The number of hydrogen-bond donors (Lipinski definition) is 1. The summed E-state index contributed by atoms with van der Waals surface area (Å²) < 4.78 is 37.3. The Morgan fingerprint density at radius 2 is 1.75 bits per heavy atom. The molecule has 0 fully saturated rings. The van der Waals surface area contributed by atoms with Crippen LogP contribution in [0.15, 0.2) is 88.4 Å². The van der Waals surface area contributed by atoms with Crippen molar-refractivity contribution in [3.63, 3.8) is 0 Å². The lowest BCUT2D eigenvalue weighted by molar-refractivity contribution is -0.138. The number of rotatable bonds is 8. The second kappa shape index (κ2) is 9.16. The highest BCUT2D eigenvalue weighted by Crippen LogP contribution is 2.13. The van der Waals surface area contributed by atoms with Crippen molar-refractivity contribution in [3.8, 4) is 0 Å². The largest absolute Gasteiger partial charge is 0.468 e. The van der Waals surface area contributed by atoms with E-state index >= 15 is 0 Å². The topological polar surface area (TPSA) is 85.6 Å². The van der Waals surface area contributed by atoms with E-state index in [0.29, 0.717) is 11.3 Å². The number of carbonyl (C=O) groups is 1. The van der Waals surface area contributed by atoms with Gasteiger partial charge in [0.2, 0.25) is 10.0 Å². The number of furan rings is 1. The summed E-state index contributed by atoms with van der Waals surface area (Å²) in [5, 5.41) is 0. The van der Waals surface area contributed by atoms with Gasteiger partial charge in [-0.15, -0.1) is 0 Å². The predicted octanol–water partition coefficient (Wildman–Crippen LogP) is 3.51. The Morgan fingerprint density at radius 1 is 1.00 bits per heavy atom. The van der Waals surface area contributed by atoms with Crippen LogP contribution in [0, 0.1) is 0 Å². The predicted molar refractivity (Wildman–Crippen MR) is 104 cm³/mol. The Labute approximate surface area is 163 Å². The zero-order chi connectivity index (χ0) is 19.8. The quantitative estimate of drug-likeness (QED) is 0.464. The van der Waals surface area contributed by atoms with Crippen molar-refractivity contribution in [2.75, 3.05) is 0 Å². The Bertz CT molecular complexity index is 1020. The van der Waals surface area contributed by atoms with Crippen LogP contribution in [0.25, 0.3) is 6.08 Å². The molecule has 0 aliphatic carbocycles. The van der Waals surface area contributed by atoms with Gasteiger partial charge in [0.25, 0.3) is 0 Å². The number of sulfonamides is 1. The molecule has 0 bridgehead atoms. The Hall–Kier alpha value is -3.16. The fourth-order valence-corrected chi connectivity index (χ4v) is 3.36. The summed E-state index contributed by atoms with van der Waals surface area (Å²) in [6.45, 7) is 0.271. The van der Waals surface area contributed by atoms with Crippen molar-refractivity contribution >= 4 is 22.1 Å². The molecular formula is C21H19NO5S. The maximum atomic E-state index is 12.3. The summed E-state index contributed by atoms with van der Waals surface area (Å²) in [4.78, 5) is 11.9. The van der Waals surface area contributed by atoms with E-state index < -0.39 is 16.0 Å². The zero-order valence-corrected chi connectivity index (χ0v) is 15.8. The van der Waals surface area contributed by atoms with Crippen molar-refractivity contribution < 1.29 is 22.4 Å². The van der Waals surface area contributed by atoms with Crippen molar-refractivity contribution in [3.05, 3.63) is 96.0 Å². The van der Waals surface area contributed by atoms with Crippen LogP contribution in [0.3, 0.4) is 0 Å². The lowest BCUT2D eigenvalue weighted by atomic mass is 10.2. The van der Waals surface area contributed by atoms with Crippen LogP contribution in [-0.2, 0) is 32.7 Å². The SMILES string of the molecule is O=C(/C=C/c1ccc(S(=O)(=O)NCc2ccco2)cc1)OCc1ccccc1. The van der Waals surface area contributed by atoms with E-state index in [9.17, 15) is 13.2 Å². The zero-order valence-electron chi connectivity index (χ0n) is 14.9. The fourth-order valence-electron chi connectivity index (χ4n) is 2.36. The summed E-state index contributed by atoms with van der Waals surface area (Å²) in [5.74, 6) is 0.0535. The highest BCUT2D eigenvalue weighted by atomic mass is 32.2. The molecule has 0 atom stereocenters. The highest BCUT2D eigenvalue weighted by molar-refractivity contribution is 7.89. The minimum atomic E-state index is -3.65. The number of benzene rings is 2. The molecule has 0 unspecified atom stereocenters. The molecule has 7 heteroatoms. The second-order valence-electron chi connectivity index (χ2n) is 5.90. The summed E-state index contributed by atoms with van der Waals surface area (Å²) in [7, 11) is -3.65. The Balaban J connectivity index is 1.54. The summed E-state index contributed by atoms with van der Waals surface area (Å²) in [6, 6.07) is 18.9. The molecule has 0 spiro atoms. The third-order valence-corrected chi connectivity index (χ3v) is 5.26. The van der Waals surface area contributed by atoms with Crippen LogP contribution in [0.4, 0.5) is 0 Å². The molecule has 0 saturated carbocycles. The first-order valence-electron chi connectivity index (χ1n) is 8.54. The van der Waals surface area contributed by atoms with E-state index in [4.69, 9.17) is 9.15 Å². The first kappa shape index (κ1) is 19.6. The first-order chi connectivity index (χ1) is 13.5. The highest BCUT2D eigenvalue weighted by Gasteiger charge is 2.13. The molecule has 0 saturated heterocycles. The number of nitrogens with one attached hydrogen (secondary N) is 1. The van der Waals surface area contributed by atoms with E-state index in [2.05, 4.69) is 4.72 Å². The van der Waals surface area contributed by atoms with E-state index in [1.54, 1.807) is 30.3 Å². The van der Waals surface area contributed by atoms with E-state index in [0.717, 1.165) is 5.56 Å². The molecule has 6 nitrogen and oxygen atoms in total. The molecule has 1 aromatic heterocycles. The van der Waals surface area contributed by atoms with Gasteiger partial charge in [0.1, 0.15) is 12.4 Å². The molecule has 0 aliphatic rings. The van der Waals surface area contributed by atoms with Crippen LogP contribution in [0.2, 0.25) is 0 Å². The molecule has 3 rings (SSSR count). The molecule has 144 valence electrons. The molecule has 28 heavy (non-hydrogen) atoms. The number of ether oxygens (including phenoxy) is 1. The molecule has 0 amide bonds. The van der Waals surface area contributed by atoms with Crippen LogP contribution in [0.5, 0.6) is 0 Å². The van der Waals surface area contributed by atoms with Crippen molar-refractivity contribution in [1.29, 1.82) is 0 Å². The molecular weight excluding hydrogens is 378 g/mol. The number of hydrogen-bond acceptors (Lipinski definition) is 5. The van der Waals surface area contributed by atoms with Crippen LogP contribution < -0.4 is 4.72 Å². The minimum Gasteiger partial charge on any atom is -0.468 e. The molecule has 1 N–H and O–H groups in total. The fraction of sp³-hybridized carbons (Fsp3) is 0.0952. The van der Waals surface area contributed by atoms with Crippen molar-refractivity contribution in [2.24, 2.45) is 0 Å². The van der Waals surface area contributed by atoms with Gasteiger partial charge in [-0.2, -0.15) is 0 Å². The van der Waals surface area contributed by atoms with Gasteiger partial charge >= 0.3 is 5.97 Å². The average molecular weight is 397 g/mol. The standard InChI is InChI=1S/C21H19NO5S/c23-21(27-16-18-5-2-1-3-6-18)13-10-17-8-11-20(12-9-17)28(24,25)22-15-19-7-4-14-26-19/h1-14,22H,15-16H2/b13-10+. The first-order valence-corrected chi connectivity index (χ1v) is 10.0. The molecule has 2 aromatic carbocycles. The Morgan fingerprint density at radius 3 is 2.43 bits per heavy atom. The molecule has 1 heterocycles. The Kier molecular flexibility index (Phi) is 6.41. The molecule has 0 aliphatic heterocycles. The van der Waals surface area contributed by atoms with Gasteiger partial charge in [0.15, 0.2) is 0 Å². The summed E-state index contributed by atoms with van der Waals surface area (Å²) in [6.07, 6.45) is 4.36. The summed E-state index contributed by atoms with van der Waals surface area (Å²) >= 11 is 0. The lowest BCUT2D eigenvalue weighted by Crippen LogP contribution is -2.22. The second-order valence-corrected chi connectivity index (χ2v) is 7.67. The minimum absolute atomic E-state index is 0.0737. The lowest BCUT2D eigenvalue weighted by Gasteiger charge is -2.05. The van der Waals surface area contributed by atoms with Gasteiger partial charge < -0.3 is 9.15 Å². The van der Waals surface area contributed by atoms with Gasteiger partial charge in [-0.3, -0.25) is 0 Å². The van der Waals surface area contributed by atoms with Crippen LogP contribution in [0.1, 0.15) is 16.9 Å². The smallest absolute Gasteiger partial charge is 0.331 e. The van der Waals surface area contributed by atoms with Gasteiger partial charge in [-0.05, 0) is 41.5 Å². The maximum absolute atomic E-state index is 12.3. The third-order valence-electron chi connectivity index (χ3n) is 3.84. The van der Waals surface area contributed by atoms with E-state index in [-0.39, 0.29) is 18.0 Å². The van der Waals surface area contributed by atoms with Gasteiger partial charge in [-0.25, -0.2) is 17.9 Å². The number of esters is 1. The van der Waals surface area contributed by atoms with Crippen LogP contribution >= 0.6 is 0 Å². The number of carbonyl (C=O) groups excluding carboxylic acids is 1. The average Bonchev–Trinajstić information content (AvgIpc) is 3.24. The normalized spacial score (nSPS) is 11.6. The molecule has 3 aromatic rings. The van der Waals surface area contributed by atoms with E-state index in [1.165, 1.54) is 24.5 Å². The van der Waals surface area contributed by atoms with E-state index in [1.807, 2.05) is 30.3 Å². The molecule has 0 radical (unpaired) electrons. The van der Waals surface area contributed by atoms with Crippen molar-refractivity contribution in [2.45, 2.75) is 18.0 Å².